The molecule has 0 bridgehead atoms. The minimum Gasteiger partial charge on any atom is -1.00 e. The first-order valence-electron chi connectivity index (χ1n) is 0. The van der Waals surface area contributed by atoms with Crippen molar-refractivity contribution in [1.82, 2.24) is 6.15 Å². The summed E-state index contributed by atoms with van der Waals surface area (Å²) >= 11 is 0. The van der Waals surface area contributed by atoms with E-state index >= 15 is 0 Å². The zero-order valence-corrected chi connectivity index (χ0v) is 8.97. The third-order valence-corrected chi connectivity index (χ3v) is 0. The van der Waals surface area contributed by atoms with Crippen molar-refractivity contribution in [3.05, 3.63) is 0 Å². The monoisotopic (exact) mass is 133 g/mol. The molecule has 0 aliphatic heterocycles. The first kappa shape index (κ1) is 50.0. The van der Waals surface area contributed by atoms with Crippen LogP contribution in [0.5, 0.6) is 0 Å². The van der Waals surface area contributed by atoms with E-state index in [1.165, 1.54) is 0 Å². The van der Waals surface area contributed by atoms with E-state index in [9.17, 15) is 0 Å². The molecule has 0 aromatic carbocycles. The molecule has 0 fully saturated rings. The Morgan fingerprint density at radius 1 is 0.600 bits per heavy atom. The van der Waals surface area contributed by atoms with Crippen LogP contribution in [0.25, 0.3) is 0 Å². The van der Waals surface area contributed by atoms with Crippen LogP contribution in [0.1, 0.15) is 0 Å². The maximum atomic E-state index is 0. The van der Waals surface area contributed by atoms with Gasteiger partial charge in [0.15, 0.2) is 0 Å². The van der Waals surface area contributed by atoms with Gasteiger partial charge in [-0.2, -0.15) is 0 Å². The van der Waals surface area contributed by atoms with E-state index in [0.717, 1.165) is 0 Å². The number of hydrogen-bond acceptors (Lipinski definition) is 1. The zero-order chi connectivity index (χ0) is 0. The molecule has 5 heavy (non-hydrogen) atoms. The summed E-state index contributed by atoms with van der Waals surface area (Å²) in [6.07, 6.45) is 0. The molecule has 1 nitrogen and oxygen atoms in total. The van der Waals surface area contributed by atoms with Crippen LogP contribution in [-0.4, -0.2) is 0 Å². The van der Waals surface area contributed by atoms with Gasteiger partial charge >= 0.3 is 59.1 Å². The summed E-state index contributed by atoms with van der Waals surface area (Å²) in [5.41, 5.74) is 0. The van der Waals surface area contributed by atoms with E-state index in [4.69, 9.17) is 0 Å². The van der Waals surface area contributed by atoms with E-state index in [0.29, 0.717) is 0 Å². The minimum absolute atomic E-state index is 0. The van der Waals surface area contributed by atoms with E-state index in [-0.39, 0.29) is 90.1 Å². The van der Waals surface area contributed by atoms with E-state index in [1.54, 1.807) is 0 Å². The van der Waals surface area contributed by atoms with Gasteiger partial charge in [0.25, 0.3) is 0 Å². The second-order valence-corrected chi connectivity index (χ2v) is 0. The summed E-state index contributed by atoms with van der Waals surface area (Å²) < 4.78 is 0. The van der Waals surface area contributed by atoms with Crippen LogP contribution in [0, 0.1) is 0 Å². The van der Waals surface area contributed by atoms with Gasteiger partial charge in [0.05, 0.1) is 0 Å². The zero-order valence-electron chi connectivity index (χ0n) is 3.46. The fourth-order valence-electron chi connectivity index (χ4n) is 0. The topological polar surface area (TPSA) is 35.0 Å². The van der Waals surface area contributed by atoms with Crippen LogP contribution in [-0.2, 0) is 0 Å². The smallest absolute Gasteiger partial charge is 1.00 e. The summed E-state index contributed by atoms with van der Waals surface area (Å²) in [6.45, 7) is 0. The van der Waals surface area contributed by atoms with Crippen LogP contribution in [0.2, 0.25) is 0 Å². The van der Waals surface area contributed by atoms with Crippen molar-refractivity contribution < 1.29 is 83.9 Å². The molecule has 0 aliphatic carbocycles. The van der Waals surface area contributed by atoms with Gasteiger partial charge < -0.3 is 31.0 Å². The summed E-state index contributed by atoms with van der Waals surface area (Å²) in [5, 5.41) is 0. The Morgan fingerprint density at radius 2 is 0.600 bits per heavy atom. The van der Waals surface area contributed by atoms with Gasteiger partial charge in [-0.3, -0.25) is 0 Å². The van der Waals surface area contributed by atoms with E-state index < -0.39 is 0 Å². The molecule has 0 aromatic rings. The molecule has 24 valence electrons. The van der Waals surface area contributed by atoms with Crippen LogP contribution >= 0.6 is 0 Å². The average Bonchev–Trinajstić information content (AvgIpc) is 0. The average molecular weight is 134 g/mol. The first-order valence-corrected chi connectivity index (χ1v) is 0. The molecule has 0 rings (SSSR count). The van der Waals surface area contributed by atoms with E-state index in [1.807, 2.05) is 0 Å². The number of hydrogen-bond donors (Lipinski definition) is 1. The Bertz CT molecular complexity index is 7.61. The SMILES string of the molecule is N.[Cl-].[Cl-].[Na+].[Na+]. The van der Waals surface area contributed by atoms with Crippen molar-refractivity contribution in [2.45, 2.75) is 0 Å². The second kappa shape index (κ2) is 31.1. The predicted molar refractivity (Wildman–Crippen MR) is 5.02 cm³/mol. The van der Waals surface area contributed by atoms with Crippen molar-refractivity contribution in [1.29, 1.82) is 0 Å². The molecular formula is H3Cl2NNa2. The third kappa shape index (κ3) is 20.9. The molecular weight excluding hydrogens is 131 g/mol. The molecule has 0 aromatic heterocycles. The molecule has 0 unspecified atom stereocenters. The Labute approximate surface area is 88.6 Å². The fraction of sp³-hybridized carbons (Fsp3) is 0. The van der Waals surface area contributed by atoms with Crippen LogP contribution < -0.4 is 90.1 Å². The quantitative estimate of drug-likeness (QED) is 0.328. The fourth-order valence-corrected chi connectivity index (χ4v) is 0. The van der Waals surface area contributed by atoms with Gasteiger partial charge in [0, 0.05) is 0 Å². The summed E-state index contributed by atoms with van der Waals surface area (Å²) in [6, 6.07) is 0. The standard InChI is InChI=1S/2ClH.H3N.2Na/h2*1H;1H3;;/q;;;2*+1/p-2. The van der Waals surface area contributed by atoms with Crippen molar-refractivity contribution in [3.63, 3.8) is 0 Å². The molecule has 0 spiro atoms. The Morgan fingerprint density at radius 3 is 0.600 bits per heavy atom. The summed E-state index contributed by atoms with van der Waals surface area (Å²) in [5.74, 6) is 0. The molecule has 5 heteroatoms. The summed E-state index contributed by atoms with van der Waals surface area (Å²) in [7, 11) is 0. The molecule has 3 N–H and O–H groups in total. The normalized spacial score (nSPS) is 0. The van der Waals surface area contributed by atoms with Gasteiger partial charge in [0.2, 0.25) is 0 Å². The number of halogens is 2. The molecule has 0 aliphatic rings. The first-order chi connectivity index (χ1) is 0. The van der Waals surface area contributed by atoms with Gasteiger partial charge in [-0.15, -0.1) is 0 Å². The van der Waals surface area contributed by atoms with Crippen molar-refractivity contribution in [2.75, 3.05) is 0 Å². The Kier molecular flexibility index (Phi) is 311. The molecule has 0 heterocycles. The Hall–Kier alpha value is 2.54. The van der Waals surface area contributed by atoms with E-state index in [2.05, 4.69) is 0 Å². The van der Waals surface area contributed by atoms with Gasteiger partial charge in [-0.05, 0) is 0 Å². The molecule has 0 saturated heterocycles. The molecule has 0 amide bonds. The van der Waals surface area contributed by atoms with Crippen molar-refractivity contribution >= 4 is 0 Å². The minimum atomic E-state index is 0. The predicted octanol–water partition coefficient (Wildman–Crippen LogP) is -11.8. The van der Waals surface area contributed by atoms with Crippen LogP contribution in [0.4, 0.5) is 0 Å². The maximum absolute atomic E-state index is 0. The summed E-state index contributed by atoms with van der Waals surface area (Å²) in [4.78, 5) is 0. The Balaban J connectivity index is 0. The molecule has 0 atom stereocenters. The van der Waals surface area contributed by atoms with Crippen molar-refractivity contribution in [3.8, 4) is 0 Å². The molecule has 0 radical (unpaired) electrons. The molecule has 0 saturated carbocycles. The largest absolute Gasteiger partial charge is 1.00 e. The van der Waals surface area contributed by atoms with Gasteiger partial charge in [-0.1, -0.05) is 0 Å². The second-order valence-electron chi connectivity index (χ2n) is 0. The number of rotatable bonds is 0. The van der Waals surface area contributed by atoms with Crippen molar-refractivity contribution in [2.24, 2.45) is 0 Å². The van der Waals surface area contributed by atoms with Crippen LogP contribution in [0.3, 0.4) is 0 Å². The van der Waals surface area contributed by atoms with Crippen LogP contribution in [0.15, 0.2) is 0 Å². The van der Waals surface area contributed by atoms with Gasteiger partial charge in [-0.25, -0.2) is 0 Å². The maximum Gasteiger partial charge on any atom is 1.00 e. The third-order valence-electron chi connectivity index (χ3n) is 0. The van der Waals surface area contributed by atoms with Gasteiger partial charge in [0.1, 0.15) is 0 Å².